The van der Waals surface area contributed by atoms with Gasteiger partial charge in [0, 0.05) is 5.56 Å². The molecule has 134 valence electrons. The Morgan fingerprint density at radius 1 is 1.17 bits per heavy atom. The summed E-state index contributed by atoms with van der Waals surface area (Å²) >= 11 is 0. The summed E-state index contributed by atoms with van der Waals surface area (Å²) in [4.78, 5) is 0. The summed E-state index contributed by atoms with van der Waals surface area (Å²) < 4.78 is 55.5. The highest BCUT2D eigenvalue weighted by Gasteiger charge is 2.52. The lowest BCUT2D eigenvalue weighted by Crippen LogP contribution is -2.41. The Balaban J connectivity index is 2.37. The van der Waals surface area contributed by atoms with Gasteiger partial charge < -0.3 is 19.2 Å². The minimum Gasteiger partial charge on any atom is -0.494 e. The van der Waals surface area contributed by atoms with Crippen molar-refractivity contribution in [3.05, 3.63) is 23.8 Å². The fourth-order valence-corrected chi connectivity index (χ4v) is 2.36. The fraction of sp³-hybridized carbons (Fsp3) is 0.625. The third-order valence-corrected chi connectivity index (χ3v) is 4.47. The van der Waals surface area contributed by atoms with Crippen molar-refractivity contribution >= 4 is 12.6 Å². The second-order valence-electron chi connectivity index (χ2n) is 6.76. The summed E-state index contributed by atoms with van der Waals surface area (Å²) in [7, 11) is -0.716. The summed E-state index contributed by atoms with van der Waals surface area (Å²) in [6.07, 6.45) is -7.37. The van der Waals surface area contributed by atoms with Crippen LogP contribution < -0.4 is 10.2 Å². The third kappa shape index (κ3) is 3.55. The van der Waals surface area contributed by atoms with Gasteiger partial charge in [-0.2, -0.15) is 13.2 Å². The maximum atomic E-state index is 12.8. The lowest BCUT2D eigenvalue weighted by Gasteiger charge is -2.32. The Morgan fingerprint density at radius 3 is 2.17 bits per heavy atom. The van der Waals surface area contributed by atoms with E-state index in [1.807, 2.05) is 27.7 Å². The van der Waals surface area contributed by atoms with Crippen molar-refractivity contribution in [1.82, 2.24) is 0 Å². The SMILES string of the molecule is CCOc1cc(B2OC(C)(C)C(C)(C)O2)ccc1C(O)C(F)(F)F. The van der Waals surface area contributed by atoms with Crippen LogP contribution in [0.1, 0.15) is 46.3 Å². The molecule has 1 unspecified atom stereocenters. The maximum Gasteiger partial charge on any atom is 0.494 e. The first kappa shape index (κ1) is 19.1. The van der Waals surface area contributed by atoms with E-state index >= 15 is 0 Å². The van der Waals surface area contributed by atoms with E-state index in [0.29, 0.717) is 5.46 Å². The predicted octanol–water partition coefficient (Wildman–Crippen LogP) is 2.98. The fourth-order valence-electron chi connectivity index (χ4n) is 2.36. The minimum absolute atomic E-state index is 0.0328. The maximum absolute atomic E-state index is 12.8. The van der Waals surface area contributed by atoms with E-state index in [1.165, 1.54) is 18.2 Å². The van der Waals surface area contributed by atoms with Gasteiger partial charge in [0.15, 0.2) is 6.10 Å². The topological polar surface area (TPSA) is 47.9 Å². The Bertz CT molecular complexity index is 585. The summed E-state index contributed by atoms with van der Waals surface area (Å²) in [6, 6.07) is 4.08. The van der Waals surface area contributed by atoms with E-state index in [0.717, 1.165) is 0 Å². The first-order valence-corrected chi connectivity index (χ1v) is 7.76. The predicted molar refractivity (Wildman–Crippen MR) is 84.3 cm³/mol. The lowest BCUT2D eigenvalue weighted by molar-refractivity contribution is -0.207. The Kier molecular flexibility index (Phi) is 4.96. The number of halogens is 3. The van der Waals surface area contributed by atoms with Gasteiger partial charge in [-0.15, -0.1) is 0 Å². The van der Waals surface area contributed by atoms with E-state index in [1.54, 1.807) is 6.92 Å². The number of alkyl halides is 3. The zero-order chi connectivity index (χ0) is 18.3. The van der Waals surface area contributed by atoms with Crippen LogP contribution in [-0.4, -0.2) is 36.2 Å². The number of ether oxygens (including phenoxy) is 1. The van der Waals surface area contributed by atoms with Gasteiger partial charge in [-0.05, 0) is 46.1 Å². The van der Waals surface area contributed by atoms with Crippen LogP contribution in [0.5, 0.6) is 5.75 Å². The first-order valence-electron chi connectivity index (χ1n) is 7.76. The van der Waals surface area contributed by atoms with Gasteiger partial charge in [0.2, 0.25) is 0 Å². The van der Waals surface area contributed by atoms with Crippen molar-refractivity contribution in [2.24, 2.45) is 0 Å². The summed E-state index contributed by atoms with van der Waals surface area (Å²) in [5, 5.41) is 9.52. The number of aliphatic hydroxyl groups excluding tert-OH is 1. The lowest BCUT2D eigenvalue weighted by atomic mass is 9.78. The van der Waals surface area contributed by atoms with Crippen molar-refractivity contribution < 1.29 is 32.3 Å². The molecule has 1 saturated heterocycles. The van der Waals surface area contributed by atoms with Crippen molar-refractivity contribution in [3.63, 3.8) is 0 Å². The number of hydrogen-bond donors (Lipinski definition) is 1. The van der Waals surface area contributed by atoms with Gasteiger partial charge in [-0.1, -0.05) is 12.1 Å². The van der Waals surface area contributed by atoms with Crippen LogP contribution in [0.2, 0.25) is 0 Å². The van der Waals surface area contributed by atoms with E-state index in [2.05, 4.69) is 0 Å². The van der Waals surface area contributed by atoms with Crippen molar-refractivity contribution in [2.45, 2.75) is 58.1 Å². The average molecular weight is 346 g/mol. The number of benzene rings is 1. The highest BCUT2D eigenvalue weighted by molar-refractivity contribution is 6.62. The molecule has 0 radical (unpaired) electrons. The summed E-state index contributed by atoms with van der Waals surface area (Å²) in [6.45, 7) is 9.38. The summed E-state index contributed by atoms with van der Waals surface area (Å²) in [5.74, 6) is -0.0328. The minimum atomic E-state index is -4.77. The third-order valence-electron chi connectivity index (χ3n) is 4.47. The molecular weight excluding hydrogens is 324 g/mol. The van der Waals surface area contributed by atoms with Crippen LogP contribution in [0.3, 0.4) is 0 Å². The normalized spacial score (nSPS) is 21.0. The second-order valence-corrected chi connectivity index (χ2v) is 6.76. The molecule has 1 fully saturated rings. The van der Waals surface area contributed by atoms with Crippen LogP contribution in [0.15, 0.2) is 18.2 Å². The smallest absolute Gasteiger partial charge is 0.494 e. The van der Waals surface area contributed by atoms with Crippen molar-refractivity contribution in [2.75, 3.05) is 6.61 Å². The Labute approximate surface area is 140 Å². The molecule has 2 rings (SSSR count). The molecule has 1 aromatic rings. The van der Waals surface area contributed by atoms with Gasteiger partial charge >= 0.3 is 13.3 Å². The molecule has 1 N–H and O–H groups in total. The van der Waals surface area contributed by atoms with Gasteiger partial charge in [-0.25, -0.2) is 0 Å². The van der Waals surface area contributed by atoms with Crippen LogP contribution in [-0.2, 0) is 9.31 Å². The average Bonchev–Trinajstić information content (AvgIpc) is 2.66. The quantitative estimate of drug-likeness (QED) is 0.852. The van der Waals surface area contributed by atoms with Gasteiger partial charge in [0.05, 0.1) is 17.8 Å². The van der Waals surface area contributed by atoms with Gasteiger partial charge in [0.1, 0.15) is 5.75 Å². The Morgan fingerprint density at radius 2 is 1.71 bits per heavy atom. The molecular formula is C16H22BF3O4. The number of hydrogen-bond acceptors (Lipinski definition) is 4. The molecule has 0 saturated carbocycles. The van der Waals surface area contributed by atoms with Gasteiger partial charge in [0.25, 0.3) is 0 Å². The highest BCUT2D eigenvalue weighted by atomic mass is 19.4. The molecule has 4 nitrogen and oxygen atoms in total. The van der Waals surface area contributed by atoms with Crippen LogP contribution in [0.25, 0.3) is 0 Å². The highest BCUT2D eigenvalue weighted by Crippen LogP contribution is 2.39. The van der Waals surface area contributed by atoms with Crippen molar-refractivity contribution in [3.8, 4) is 5.75 Å². The number of rotatable bonds is 4. The van der Waals surface area contributed by atoms with E-state index in [9.17, 15) is 18.3 Å². The molecule has 0 aromatic heterocycles. The van der Waals surface area contributed by atoms with E-state index in [-0.39, 0.29) is 17.9 Å². The zero-order valence-corrected chi connectivity index (χ0v) is 14.4. The van der Waals surface area contributed by atoms with Crippen LogP contribution in [0, 0.1) is 0 Å². The molecule has 8 heteroatoms. The van der Waals surface area contributed by atoms with Crippen LogP contribution >= 0.6 is 0 Å². The van der Waals surface area contributed by atoms with Crippen LogP contribution in [0.4, 0.5) is 13.2 Å². The molecule has 0 bridgehead atoms. The molecule has 0 aliphatic carbocycles. The summed E-state index contributed by atoms with van der Waals surface area (Å²) in [5.41, 5.74) is -0.916. The second kappa shape index (κ2) is 6.24. The first-order chi connectivity index (χ1) is 10.9. The molecule has 0 spiro atoms. The number of aliphatic hydroxyl groups is 1. The Hall–Kier alpha value is -1.25. The monoisotopic (exact) mass is 346 g/mol. The molecule has 24 heavy (non-hydrogen) atoms. The molecule has 1 aromatic carbocycles. The molecule has 1 aliphatic rings. The van der Waals surface area contributed by atoms with E-state index in [4.69, 9.17) is 14.0 Å². The molecule has 1 heterocycles. The van der Waals surface area contributed by atoms with Crippen molar-refractivity contribution in [1.29, 1.82) is 0 Å². The van der Waals surface area contributed by atoms with Gasteiger partial charge in [-0.3, -0.25) is 0 Å². The zero-order valence-electron chi connectivity index (χ0n) is 14.4. The van der Waals surface area contributed by atoms with E-state index < -0.39 is 30.6 Å². The molecule has 0 amide bonds. The molecule has 1 atom stereocenters. The molecule has 1 aliphatic heterocycles. The largest absolute Gasteiger partial charge is 0.494 e. The standard InChI is InChI=1S/C16H22BF3O4/c1-6-22-12-9-10(7-8-11(12)13(21)16(18,19)20)17-23-14(2,3)15(4,5)24-17/h7-9,13,21H,6H2,1-5H3.